The highest BCUT2D eigenvalue weighted by Crippen LogP contribution is 2.28. The van der Waals surface area contributed by atoms with Crippen LogP contribution in [0.15, 0.2) is 0 Å². The monoisotopic (exact) mass is 205 g/mol. The van der Waals surface area contributed by atoms with Gasteiger partial charge in [0.15, 0.2) is 0 Å². The maximum absolute atomic E-state index is 9.58. The third-order valence-electron chi connectivity index (χ3n) is 3.10. The molecular formula is C8H15NO5. The van der Waals surface area contributed by atoms with E-state index in [9.17, 15) is 25.5 Å². The van der Waals surface area contributed by atoms with Gasteiger partial charge in [-0.15, -0.1) is 0 Å². The van der Waals surface area contributed by atoms with Crippen molar-refractivity contribution in [1.82, 2.24) is 4.90 Å². The van der Waals surface area contributed by atoms with Gasteiger partial charge in [0.2, 0.25) is 0 Å². The molecule has 0 aromatic heterocycles. The second-order valence-electron chi connectivity index (χ2n) is 4.05. The van der Waals surface area contributed by atoms with Gasteiger partial charge in [-0.2, -0.15) is 0 Å². The maximum atomic E-state index is 9.58. The zero-order valence-corrected chi connectivity index (χ0v) is 7.56. The van der Waals surface area contributed by atoms with Gasteiger partial charge in [0.05, 0.1) is 24.4 Å². The Hall–Kier alpha value is -0.240. The highest BCUT2D eigenvalue weighted by atomic mass is 16.4. The minimum atomic E-state index is -1.25. The number of aliphatic hydroxyl groups is 5. The molecule has 6 atom stereocenters. The quantitative estimate of drug-likeness (QED) is 0.281. The molecule has 0 saturated carbocycles. The molecule has 0 aromatic carbocycles. The lowest BCUT2D eigenvalue weighted by atomic mass is 9.93. The van der Waals surface area contributed by atoms with Crippen molar-refractivity contribution in [2.45, 2.75) is 36.6 Å². The Kier molecular flexibility index (Phi) is 2.50. The topological polar surface area (TPSA) is 104 Å². The molecule has 2 aliphatic heterocycles. The summed E-state index contributed by atoms with van der Waals surface area (Å²) in [4.78, 5) is 1.59. The number of aliphatic hydroxyl groups excluding tert-OH is 5. The molecule has 82 valence electrons. The van der Waals surface area contributed by atoms with Crippen LogP contribution >= 0.6 is 0 Å². The zero-order valence-electron chi connectivity index (χ0n) is 7.56. The van der Waals surface area contributed by atoms with Gasteiger partial charge in [-0.05, 0) is 0 Å². The fourth-order valence-corrected chi connectivity index (χ4v) is 2.31. The summed E-state index contributed by atoms with van der Waals surface area (Å²) in [5, 5.41) is 47.2. The molecule has 5 N–H and O–H groups in total. The fraction of sp³-hybridized carbons (Fsp3) is 1.00. The second kappa shape index (κ2) is 3.41. The number of hydrogen-bond acceptors (Lipinski definition) is 6. The van der Waals surface area contributed by atoms with Crippen molar-refractivity contribution in [1.29, 1.82) is 0 Å². The summed E-state index contributed by atoms with van der Waals surface area (Å²) in [6.45, 7) is 0.379. The summed E-state index contributed by atoms with van der Waals surface area (Å²) < 4.78 is 0. The molecular weight excluding hydrogens is 190 g/mol. The van der Waals surface area contributed by atoms with Crippen molar-refractivity contribution >= 4 is 0 Å². The summed E-state index contributed by atoms with van der Waals surface area (Å²) in [6, 6.07) is -0.677. The largest absolute Gasteiger partial charge is 0.389 e. The van der Waals surface area contributed by atoms with E-state index in [1.807, 2.05) is 0 Å². The molecule has 0 aliphatic carbocycles. The lowest BCUT2D eigenvalue weighted by molar-refractivity contribution is -0.142. The molecule has 2 aliphatic rings. The lowest BCUT2D eigenvalue weighted by Crippen LogP contribution is -2.61. The smallest absolute Gasteiger partial charge is 0.109 e. The number of nitrogens with zero attached hydrogens (tertiary/aromatic N) is 1. The molecule has 2 rings (SSSR count). The van der Waals surface area contributed by atoms with Gasteiger partial charge in [-0.25, -0.2) is 0 Å². The summed E-state index contributed by atoms with van der Waals surface area (Å²) in [5.41, 5.74) is 0. The van der Waals surface area contributed by atoms with Crippen molar-refractivity contribution < 1.29 is 25.5 Å². The van der Waals surface area contributed by atoms with Crippen LogP contribution in [0.25, 0.3) is 0 Å². The van der Waals surface area contributed by atoms with E-state index in [1.165, 1.54) is 0 Å². The standard InChI is InChI=1S/C8H15NO5/c10-3-1-9-2-4(11)7(13)8(14)5(9)6(3)12/h3-8,10-14H,1-2H2/t3-,4?,5+,6-,7?,8+/m1/s1. The molecule has 6 heteroatoms. The van der Waals surface area contributed by atoms with Crippen LogP contribution in [0.5, 0.6) is 0 Å². The van der Waals surface area contributed by atoms with Crippen LogP contribution < -0.4 is 0 Å². The molecule has 2 saturated heterocycles. The molecule has 0 amide bonds. The Bertz CT molecular complexity index is 224. The zero-order chi connectivity index (χ0) is 10.5. The van der Waals surface area contributed by atoms with Crippen molar-refractivity contribution in [3.05, 3.63) is 0 Å². The summed E-state index contributed by atoms with van der Waals surface area (Å²) in [5.74, 6) is 0. The first-order chi connectivity index (χ1) is 6.52. The number of fused-ring (bicyclic) bond motifs is 1. The molecule has 2 heterocycles. The van der Waals surface area contributed by atoms with Gasteiger partial charge in [0.25, 0.3) is 0 Å². The average molecular weight is 205 g/mol. The molecule has 0 spiro atoms. The first kappa shape index (κ1) is 10.3. The van der Waals surface area contributed by atoms with E-state index < -0.39 is 36.6 Å². The summed E-state index contributed by atoms with van der Waals surface area (Å²) in [7, 11) is 0. The normalized spacial score (nSPS) is 54.6. The molecule has 0 aromatic rings. The van der Waals surface area contributed by atoms with Crippen LogP contribution in [0.3, 0.4) is 0 Å². The number of hydrogen-bond donors (Lipinski definition) is 5. The highest BCUT2D eigenvalue weighted by Gasteiger charge is 2.51. The third kappa shape index (κ3) is 1.35. The van der Waals surface area contributed by atoms with Gasteiger partial charge < -0.3 is 25.5 Å². The van der Waals surface area contributed by atoms with E-state index in [0.29, 0.717) is 0 Å². The summed E-state index contributed by atoms with van der Waals surface area (Å²) in [6.07, 6.45) is -5.49. The van der Waals surface area contributed by atoms with Crippen molar-refractivity contribution in [3.8, 4) is 0 Å². The van der Waals surface area contributed by atoms with E-state index in [2.05, 4.69) is 0 Å². The van der Waals surface area contributed by atoms with E-state index in [4.69, 9.17) is 0 Å². The maximum Gasteiger partial charge on any atom is 0.109 e. The van der Waals surface area contributed by atoms with E-state index in [0.717, 1.165) is 0 Å². The van der Waals surface area contributed by atoms with Crippen LogP contribution in [0, 0.1) is 0 Å². The third-order valence-corrected chi connectivity index (χ3v) is 3.10. The van der Waals surface area contributed by atoms with Crippen LogP contribution in [0.1, 0.15) is 0 Å². The highest BCUT2D eigenvalue weighted by molar-refractivity contribution is 5.04. The molecule has 0 radical (unpaired) electrons. The Balaban J connectivity index is 2.18. The van der Waals surface area contributed by atoms with Crippen molar-refractivity contribution in [2.75, 3.05) is 13.1 Å². The van der Waals surface area contributed by atoms with Crippen LogP contribution in [-0.2, 0) is 0 Å². The van der Waals surface area contributed by atoms with E-state index in [-0.39, 0.29) is 13.1 Å². The average Bonchev–Trinajstić information content (AvgIpc) is 2.39. The first-order valence-corrected chi connectivity index (χ1v) is 4.66. The molecule has 2 fully saturated rings. The molecule has 0 bridgehead atoms. The van der Waals surface area contributed by atoms with Gasteiger partial charge in [0, 0.05) is 13.1 Å². The van der Waals surface area contributed by atoms with Crippen molar-refractivity contribution in [3.63, 3.8) is 0 Å². The Morgan fingerprint density at radius 2 is 1.21 bits per heavy atom. The summed E-state index contributed by atoms with van der Waals surface area (Å²) >= 11 is 0. The van der Waals surface area contributed by atoms with E-state index in [1.54, 1.807) is 4.90 Å². The molecule has 2 unspecified atom stereocenters. The number of rotatable bonds is 0. The minimum absolute atomic E-state index is 0.164. The lowest BCUT2D eigenvalue weighted by Gasteiger charge is -2.40. The van der Waals surface area contributed by atoms with E-state index >= 15 is 0 Å². The second-order valence-corrected chi connectivity index (χ2v) is 4.05. The van der Waals surface area contributed by atoms with Crippen LogP contribution in [0.2, 0.25) is 0 Å². The SMILES string of the molecule is OC1CN2C[C@@H](O)[C@@H](O)[C@H]2[C@H](O)C1O. The number of piperidine rings is 1. The Morgan fingerprint density at radius 1 is 0.714 bits per heavy atom. The van der Waals surface area contributed by atoms with Crippen LogP contribution in [0.4, 0.5) is 0 Å². The predicted octanol–water partition coefficient (Wildman–Crippen LogP) is -3.51. The van der Waals surface area contributed by atoms with Gasteiger partial charge in [-0.3, -0.25) is 4.90 Å². The van der Waals surface area contributed by atoms with Gasteiger partial charge in [-0.1, -0.05) is 0 Å². The fourth-order valence-electron chi connectivity index (χ4n) is 2.31. The van der Waals surface area contributed by atoms with Gasteiger partial charge >= 0.3 is 0 Å². The Morgan fingerprint density at radius 3 is 1.79 bits per heavy atom. The van der Waals surface area contributed by atoms with Crippen molar-refractivity contribution in [2.24, 2.45) is 0 Å². The Labute approximate surface area is 81.0 Å². The van der Waals surface area contributed by atoms with Gasteiger partial charge in [0.1, 0.15) is 12.2 Å². The van der Waals surface area contributed by atoms with Crippen LogP contribution in [-0.4, -0.2) is 80.1 Å². The predicted molar refractivity (Wildman–Crippen MR) is 45.4 cm³/mol. The molecule has 6 nitrogen and oxygen atoms in total. The first-order valence-electron chi connectivity index (χ1n) is 4.66. The molecule has 14 heavy (non-hydrogen) atoms. The minimum Gasteiger partial charge on any atom is -0.389 e.